The molecule has 0 aromatic heterocycles. The number of hydrogen-bond acceptors (Lipinski definition) is 7. The molecule has 0 fully saturated rings. The Morgan fingerprint density at radius 3 is 2.60 bits per heavy atom. The highest BCUT2D eigenvalue weighted by atomic mass is 35.5. The number of carbonyl (C=O) groups excluding carboxylic acids is 3. The van der Waals surface area contributed by atoms with Crippen LogP contribution in [0.15, 0.2) is 35.9 Å². The second kappa shape index (κ2) is 8.08. The Kier molecular flexibility index (Phi) is 5.33. The molecular weight excluding hydrogens is 414 g/mol. The van der Waals surface area contributed by atoms with Gasteiger partial charge in [-0.15, -0.1) is 0 Å². The van der Waals surface area contributed by atoms with Crippen molar-refractivity contribution in [3.63, 3.8) is 0 Å². The van der Waals surface area contributed by atoms with E-state index in [1.165, 1.54) is 19.1 Å². The topological polar surface area (TPSA) is 100 Å². The average molecular weight is 430 g/mol. The zero-order chi connectivity index (χ0) is 21.3. The zero-order valence-electron chi connectivity index (χ0n) is 15.8. The summed E-state index contributed by atoms with van der Waals surface area (Å²) in [4.78, 5) is 36.5. The van der Waals surface area contributed by atoms with E-state index in [2.05, 4.69) is 5.32 Å². The molecular formula is C21H16ClNO7. The minimum Gasteiger partial charge on any atom is -0.488 e. The molecule has 154 valence electrons. The van der Waals surface area contributed by atoms with Gasteiger partial charge in [0.05, 0.1) is 11.3 Å². The van der Waals surface area contributed by atoms with Crippen LogP contribution in [-0.4, -0.2) is 37.7 Å². The van der Waals surface area contributed by atoms with Gasteiger partial charge in [-0.05, 0) is 37.3 Å². The standard InChI is InChI=1S/C21H16ClNO7/c1-11(24)15-6-18-19(30-10-29-18)7-16(15)23-20(25)9-28-21(26)13-4-12-5-14(22)2-3-17(12)27-8-13/h2-7H,8-10H2,1H3,(H,23,25). The quantitative estimate of drug-likeness (QED) is 0.575. The maximum Gasteiger partial charge on any atom is 0.338 e. The van der Waals surface area contributed by atoms with Gasteiger partial charge in [0.2, 0.25) is 6.79 Å². The minimum absolute atomic E-state index is 0.0196. The highest BCUT2D eigenvalue weighted by Gasteiger charge is 2.22. The fraction of sp³-hybridized carbons (Fsp3) is 0.190. The smallest absolute Gasteiger partial charge is 0.338 e. The van der Waals surface area contributed by atoms with Crippen LogP contribution >= 0.6 is 11.6 Å². The minimum atomic E-state index is -0.687. The molecule has 0 bridgehead atoms. The van der Waals surface area contributed by atoms with E-state index in [1.807, 2.05) is 0 Å². The molecule has 0 saturated heterocycles. The Labute approximate surface area is 176 Å². The number of fused-ring (bicyclic) bond motifs is 2. The average Bonchev–Trinajstić information content (AvgIpc) is 3.18. The molecule has 4 rings (SSSR count). The van der Waals surface area contributed by atoms with E-state index >= 15 is 0 Å². The molecule has 0 aliphatic carbocycles. The number of rotatable bonds is 5. The van der Waals surface area contributed by atoms with Gasteiger partial charge >= 0.3 is 5.97 Å². The van der Waals surface area contributed by atoms with E-state index < -0.39 is 18.5 Å². The van der Waals surface area contributed by atoms with Gasteiger partial charge in [-0.1, -0.05) is 11.6 Å². The predicted molar refractivity (Wildman–Crippen MR) is 107 cm³/mol. The number of halogens is 1. The number of hydrogen-bond donors (Lipinski definition) is 1. The number of amides is 1. The lowest BCUT2D eigenvalue weighted by Crippen LogP contribution is -2.24. The Bertz CT molecular complexity index is 1090. The third-order valence-electron chi connectivity index (χ3n) is 4.45. The fourth-order valence-electron chi connectivity index (χ4n) is 3.01. The van der Waals surface area contributed by atoms with Crippen molar-refractivity contribution in [2.45, 2.75) is 6.92 Å². The molecule has 0 radical (unpaired) electrons. The lowest BCUT2D eigenvalue weighted by atomic mass is 10.1. The number of Topliss-reactive ketones (excluding diaryl/α,β-unsaturated/α-hetero) is 1. The molecule has 1 amide bonds. The van der Waals surface area contributed by atoms with Crippen molar-refractivity contribution in [1.82, 2.24) is 0 Å². The Morgan fingerprint density at radius 1 is 1.07 bits per heavy atom. The first-order chi connectivity index (χ1) is 14.4. The summed E-state index contributed by atoms with van der Waals surface area (Å²) in [6.07, 6.45) is 1.61. The van der Waals surface area contributed by atoms with Crippen LogP contribution in [0.4, 0.5) is 5.69 Å². The van der Waals surface area contributed by atoms with Crippen LogP contribution in [0.5, 0.6) is 17.2 Å². The van der Waals surface area contributed by atoms with Gasteiger partial charge < -0.3 is 24.3 Å². The molecule has 9 heteroatoms. The normalized spacial score (nSPS) is 13.6. The molecule has 8 nitrogen and oxygen atoms in total. The first-order valence-electron chi connectivity index (χ1n) is 8.95. The summed E-state index contributed by atoms with van der Waals surface area (Å²) >= 11 is 5.96. The van der Waals surface area contributed by atoms with Gasteiger partial charge in [-0.25, -0.2) is 4.79 Å². The zero-order valence-corrected chi connectivity index (χ0v) is 16.6. The maximum atomic E-state index is 12.3. The van der Waals surface area contributed by atoms with Crippen LogP contribution in [0, 0.1) is 0 Å². The van der Waals surface area contributed by atoms with Crippen LogP contribution in [0.3, 0.4) is 0 Å². The molecule has 0 saturated carbocycles. The van der Waals surface area contributed by atoms with Gasteiger partial charge in [0.15, 0.2) is 23.9 Å². The largest absolute Gasteiger partial charge is 0.488 e. The molecule has 2 aromatic rings. The first-order valence-corrected chi connectivity index (χ1v) is 9.33. The van der Waals surface area contributed by atoms with Crippen molar-refractivity contribution in [2.75, 3.05) is 25.3 Å². The van der Waals surface area contributed by atoms with Crippen molar-refractivity contribution < 1.29 is 33.3 Å². The molecule has 0 atom stereocenters. The SMILES string of the molecule is CC(=O)c1cc2c(cc1NC(=O)COC(=O)C1=Cc3cc(Cl)ccc3OC1)OCO2. The molecule has 2 heterocycles. The van der Waals surface area contributed by atoms with Crippen LogP contribution in [0.25, 0.3) is 6.08 Å². The van der Waals surface area contributed by atoms with Crippen LogP contribution in [0.1, 0.15) is 22.8 Å². The fourth-order valence-corrected chi connectivity index (χ4v) is 3.19. The van der Waals surface area contributed by atoms with Gasteiger partial charge in [0.1, 0.15) is 12.4 Å². The highest BCUT2D eigenvalue weighted by Crippen LogP contribution is 2.37. The number of ether oxygens (including phenoxy) is 4. The van der Waals surface area contributed by atoms with Crippen LogP contribution in [0.2, 0.25) is 5.02 Å². The van der Waals surface area contributed by atoms with E-state index in [0.29, 0.717) is 27.8 Å². The summed E-state index contributed by atoms with van der Waals surface area (Å²) < 4.78 is 21.1. The van der Waals surface area contributed by atoms with Crippen molar-refractivity contribution in [2.24, 2.45) is 0 Å². The summed E-state index contributed by atoms with van der Waals surface area (Å²) in [5.41, 5.74) is 1.41. The maximum absolute atomic E-state index is 12.3. The number of anilines is 1. The molecule has 0 unspecified atom stereocenters. The van der Waals surface area contributed by atoms with Crippen molar-refractivity contribution in [3.05, 3.63) is 52.1 Å². The number of ketones is 1. The Morgan fingerprint density at radius 2 is 1.83 bits per heavy atom. The first kappa shape index (κ1) is 19.8. The lowest BCUT2D eigenvalue weighted by molar-refractivity contribution is -0.143. The highest BCUT2D eigenvalue weighted by molar-refractivity contribution is 6.30. The molecule has 2 aromatic carbocycles. The molecule has 30 heavy (non-hydrogen) atoms. The molecule has 1 N–H and O–H groups in total. The van der Waals surface area contributed by atoms with Gasteiger partial charge in [0.25, 0.3) is 5.91 Å². The van der Waals surface area contributed by atoms with E-state index in [9.17, 15) is 14.4 Å². The summed E-state index contributed by atoms with van der Waals surface area (Å²) in [6, 6.07) is 8.06. The Balaban J connectivity index is 1.41. The van der Waals surface area contributed by atoms with Gasteiger partial charge in [-0.2, -0.15) is 0 Å². The van der Waals surface area contributed by atoms with E-state index in [4.69, 9.17) is 30.5 Å². The van der Waals surface area contributed by atoms with Crippen molar-refractivity contribution in [3.8, 4) is 17.2 Å². The number of benzene rings is 2. The third kappa shape index (κ3) is 4.08. The third-order valence-corrected chi connectivity index (χ3v) is 4.68. The summed E-state index contributed by atoms with van der Waals surface area (Å²) in [5, 5.41) is 3.07. The summed E-state index contributed by atoms with van der Waals surface area (Å²) in [5.74, 6) is -0.113. The molecule has 2 aliphatic rings. The second-order valence-electron chi connectivity index (χ2n) is 6.57. The summed E-state index contributed by atoms with van der Waals surface area (Å²) in [7, 11) is 0. The van der Waals surface area contributed by atoms with Crippen LogP contribution < -0.4 is 19.5 Å². The molecule has 2 aliphatic heterocycles. The van der Waals surface area contributed by atoms with E-state index in [1.54, 1.807) is 24.3 Å². The predicted octanol–water partition coefficient (Wildman–Crippen LogP) is 3.23. The summed E-state index contributed by atoms with van der Waals surface area (Å²) in [6.45, 7) is 0.885. The monoisotopic (exact) mass is 429 g/mol. The second-order valence-corrected chi connectivity index (χ2v) is 7.01. The van der Waals surface area contributed by atoms with Crippen molar-refractivity contribution >= 4 is 41.0 Å². The Hall–Kier alpha value is -3.52. The van der Waals surface area contributed by atoms with Crippen molar-refractivity contribution in [1.29, 1.82) is 0 Å². The molecule has 0 spiro atoms. The van der Waals surface area contributed by atoms with Crippen LogP contribution in [-0.2, 0) is 14.3 Å². The lowest BCUT2D eigenvalue weighted by Gasteiger charge is -2.17. The van der Waals surface area contributed by atoms with Gasteiger partial charge in [0, 0.05) is 22.2 Å². The van der Waals surface area contributed by atoms with E-state index in [-0.39, 0.29) is 36.0 Å². The number of carbonyl (C=O) groups is 3. The van der Waals surface area contributed by atoms with E-state index in [0.717, 1.165) is 0 Å². The van der Waals surface area contributed by atoms with Gasteiger partial charge in [-0.3, -0.25) is 9.59 Å². The number of esters is 1. The number of nitrogens with one attached hydrogen (secondary N) is 1.